The van der Waals surface area contributed by atoms with E-state index in [1.54, 1.807) is 30.4 Å². The fourth-order valence-electron chi connectivity index (χ4n) is 4.67. The van der Waals surface area contributed by atoms with Crippen LogP contribution in [0, 0.1) is 0 Å². The van der Waals surface area contributed by atoms with E-state index in [2.05, 4.69) is 50.3 Å². The highest BCUT2D eigenvalue weighted by molar-refractivity contribution is 5.97. The van der Waals surface area contributed by atoms with Crippen LogP contribution >= 0.6 is 0 Å². The van der Waals surface area contributed by atoms with Gasteiger partial charge in [0.1, 0.15) is 0 Å². The molecule has 6 aromatic rings. The average Bonchev–Trinajstić information content (AvgIpc) is 3.49. The topological polar surface area (TPSA) is 110 Å². The number of ether oxygens (including phenoxy) is 1. The molecule has 0 saturated carbocycles. The summed E-state index contributed by atoms with van der Waals surface area (Å²) in [6.45, 7) is 0. The predicted molar refractivity (Wildman–Crippen MR) is 139 cm³/mol. The van der Waals surface area contributed by atoms with Crippen molar-refractivity contribution in [3.63, 3.8) is 0 Å². The first-order chi connectivity index (χ1) is 17.5. The smallest absolute Gasteiger partial charge is 0.212 e. The standard InChI is InChI=1S/C27H24N8O/c1-34-9-8-16-4-5-17(10-23(16)34)20-11-19(28)12-21-27(20)32-22(14-29-21)26(24-15-31-33-35(24)2)18-6-7-25(36-3)30-13-18/h4-15,26H,28H2,1-3H3/t26-/m0/s1. The number of hydrogen-bond acceptors (Lipinski definition) is 7. The summed E-state index contributed by atoms with van der Waals surface area (Å²) in [6, 6.07) is 16.1. The highest BCUT2D eigenvalue weighted by Gasteiger charge is 2.24. The van der Waals surface area contributed by atoms with Crippen LogP contribution in [0.5, 0.6) is 5.88 Å². The number of aromatic nitrogens is 7. The molecule has 0 fully saturated rings. The van der Waals surface area contributed by atoms with Gasteiger partial charge in [-0.05, 0) is 40.8 Å². The molecule has 9 heteroatoms. The van der Waals surface area contributed by atoms with Crippen molar-refractivity contribution in [1.29, 1.82) is 0 Å². The molecule has 0 radical (unpaired) electrons. The van der Waals surface area contributed by atoms with Gasteiger partial charge in [0, 0.05) is 49.3 Å². The van der Waals surface area contributed by atoms with E-state index >= 15 is 0 Å². The largest absolute Gasteiger partial charge is 0.481 e. The number of hydrogen-bond donors (Lipinski definition) is 1. The molecule has 0 bridgehead atoms. The second kappa shape index (κ2) is 8.46. The number of nitrogens with zero attached hydrogens (tertiary/aromatic N) is 7. The number of anilines is 1. The van der Waals surface area contributed by atoms with E-state index < -0.39 is 0 Å². The minimum atomic E-state index is -0.277. The second-order valence-electron chi connectivity index (χ2n) is 8.78. The van der Waals surface area contributed by atoms with Crippen LogP contribution < -0.4 is 10.5 Å². The Morgan fingerprint density at radius 2 is 1.83 bits per heavy atom. The molecule has 6 rings (SSSR count). The van der Waals surface area contributed by atoms with E-state index in [-0.39, 0.29) is 5.92 Å². The monoisotopic (exact) mass is 476 g/mol. The van der Waals surface area contributed by atoms with E-state index in [1.165, 1.54) is 5.39 Å². The van der Waals surface area contributed by atoms with Crippen LogP contribution in [0.15, 0.2) is 73.3 Å². The van der Waals surface area contributed by atoms with Gasteiger partial charge in [-0.3, -0.25) is 9.67 Å². The zero-order chi connectivity index (χ0) is 24.8. The van der Waals surface area contributed by atoms with E-state index in [1.807, 2.05) is 38.4 Å². The number of benzene rings is 2. The fourth-order valence-corrected chi connectivity index (χ4v) is 4.67. The lowest BCUT2D eigenvalue weighted by Gasteiger charge is -2.18. The van der Waals surface area contributed by atoms with E-state index in [9.17, 15) is 0 Å². The van der Waals surface area contributed by atoms with Crippen LogP contribution in [0.2, 0.25) is 0 Å². The Bertz CT molecular complexity index is 1720. The molecule has 178 valence electrons. The molecule has 36 heavy (non-hydrogen) atoms. The SMILES string of the molecule is COc1ccc([C@@H](c2cnc3cc(N)cc(-c4ccc5ccn(C)c5c4)c3n2)c2cnnn2C)cn1. The third-order valence-corrected chi connectivity index (χ3v) is 6.53. The number of rotatable bonds is 5. The van der Waals surface area contributed by atoms with Crippen molar-refractivity contribution < 1.29 is 4.74 Å². The first-order valence-electron chi connectivity index (χ1n) is 11.5. The molecule has 4 heterocycles. The molecule has 4 aromatic heterocycles. The van der Waals surface area contributed by atoms with Crippen molar-refractivity contribution in [3.8, 4) is 17.0 Å². The van der Waals surface area contributed by atoms with Crippen molar-refractivity contribution in [2.24, 2.45) is 14.1 Å². The number of fused-ring (bicyclic) bond motifs is 2. The highest BCUT2D eigenvalue weighted by atomic mass is 16.5. The maximum atomic E-state index is 6.28. The number of aryl methyl sites for hydroxylation is 2. The Balaban J connectivity index is 1.57. The van der Waals surface area contributed by atoms with Crippen molar-refractivity contribution in [2.45, 2.75) is 5.92 Å². The Morgan fingerprint density at radius 1 is 0.944 bits per heavy atom. The first-order valence-corrected chi connectivity index (χ1v) is 11.5. The number of methoxy groups -OCH3 is 1. The lowest BCUT2D eigenvalue weighted by Crippen LogP contribution is -2.12. The summed E-state index contributed by atoms with van der Waals surface area (Å²) < 4.78 is 9.10. The Kier molecular flexibility index (Phi) is 5.10. The van der Waals surface area contributed by atoms with Gasteiger partial charge in [0.2, 0.25) is 5.88 Å². The van der Waals surface area contributed by atoms with Crippen LogP contribution in [-0.4, -0.2) is 41.6 Å². The van der Waals surface area contributed by atoms with E-state index in [0.29, 0.717) is 11.6 Å². The molecule has 0 amide bonds. The zero-order valence-corrected chi connectivity index (χ0v) is 20.1. The molecule has 0 aliphatic heterocycles. The number of nitrogen functional groups attached to an aromatic ring is 1. The summed E-state index contributed by atoms with van der Waals surface area (Å²) in [4.78, 5) is 14.3. The highest BCUT2D eigenvalue weighted by Crippen LogP contribution is 2.35. The molecule has 0 saturated heterocycles. The number of nitrogens with two attached hydrogens (primary N) is 1. The Hall–Kier alpha value is -4.79. The molecular weight excluding hydrogens is 452 g/mol. The summed E-state index contributed by atoms with van der Waals surface area (Å²) in [5, 5.41) is 9.43. The van der Waals surface area contributed by atoms with Crippen LogP contribution in [0.25, 0.3) is 33.1 Å². The van der Waals surface area contributed by atoms with Gasteiger partial charge in [-0.25, -0.2) is 9.97 Å². The van der Waals surface area contributed by atoms with Gasteiger partial charge >= 0.3 is 0 Å². The van der Waals surface area contributed by atoms with Crippen molar-refractivity contribution in [2.75, 3.05) is 12.8 Å². The molecule has 0 aliphatic rings. The Labute approximate surface area is 207 Å². The average molecular weight is 477 g/mol. The van der Waals surface area contributed by atoms with Gasteiger partial charge < -0.3 is 15.0 Å². The summed E-state index contributed by atoms with van der Waals surface area (Å²) in [5.41, 5.74) is 14.1. The minimum absolute atomic E-state index is 0.277. The summed E-state index contributed by atoms with van der Waals surface area (Å²) in [7, 11) is 5.50. The molecule has 1 atom stereocenters. The maximum Gasteiger partial charge on any atom is 0.212 e. The van der Waals surface area contributed by atoms with Gasteiger partial charge in [-0.1, -0.05) is 23.4 Å². The van der Waals surface area contributed by atoms with Crippen LogP contribution in [0.4, 0.5) is 5.69 Å². The van der Waals surface area contributed by atoms with Gasteiger partial charge in [0.25, 0.3) is 0 Å². The van der Waals surface area contributed by atoms with Crippen molar-refractivity contribution >= 4 is 27.6 Å². The first kappa shape index (κ1) is 21.7. The van der Waals surface area contributed by atoms with Crippen molar-refractivity contribution in [3.05, 3.63) is 90.3 Å². The third-order valence-electron chi connectivity index (χ3n) is 6.53. The molecule has 0 aliphatic carbocycles. The summed E-state index contributed by atoms with van der Waals surface area (Å²) in [6.07, 6.45) is 7.37. The molecule has 2 N–H and O–H groups in total. The van der Waals surface area contributed by atoms with Crippen molar-refractivity contribution in [1.82, 2.24) is 34.5 Å². The zero-order valence-electron chi connectivity index (χ0n) is 20.1. The maximum absolute atomic E-state index is 6.28. The van der Waals surface area contributed by atoms with E-state index in [4.69, 9.17) is 20.4 Å². The van der Waals surface area contributed by atoms with Crippen LogP contribution in [-0.2, 0) is 14.1 Å². The molecule has 0 spiro atoms. The van der Waals surface area contributed by atoms with Crippen LogP contribution in [0.3, 0.4) is 0 Å². The molecule has 2 aromatic carbocycles. The lowest BCUT2D eigenvalue weighted by atomic mass is 9.93. The number of pyridine rings is 1. The quantitative estimate of drug-likeness (QED) is 0.373. The summed E-state index contributed by atoms with van der Waals surface area (Å²) >= 11 is 0. The van der Waals surface area contributed by atoms with Crippen LogP contribution in [0.1, 0.15) is 22.9 Å². The molecule has 9 nitrogen and oxygen atoms in total. The third kappa shape index (κ3) is 3.61. The fraction of sp³-hybridized carbons (Fsp3) is 0.148. The lowest BCUT2D eigenvalue weighted by molar-refractivity contribution is 0.397. The van der Waals surface area contributed by atoms with Gasteiger partial charge in [-0.2, -0.15) is 0 Å². The second-order valence-corrected chi connectivity index (χ2v) is 8.78. The van der Waals surface area contributed by atoms with Gasteiger partial charge in [0.05, 0.1) is 47.8 Å². The Morgan fingerprint density at radius 3 is 2.58 bits per heavy atom. The normalized spacial score (nSPS) is 12.3. The summed E-state index contributed by atoms with van der Waals surface area (Å²) in [5.74, 6) is 0.264. The minimum Gasteiger partial charge on any atom is -0.481 e. The van der Waals surface area contributed by atoms with Gasteiger partial charge in [0.15, 0.2) is 0 Å². The molecular formula is C27H24N8O. The molecule has 0 unspecified atom stereocenters. The van der Waals surface area contributed by atoms with Gasteiger partial charge in [-0.15, -0.1) is 5.10 Å². The predicted octanol–water partition coefficient (Wildman–Crippen LogP) is 4.08. The van der Waals surface area contributed by atoms with E-state index in [0.717, 1.165) is 44.6 Å².